The second-order valence-electron chi connectivity index (χ2n) is 4.99. The number of aromatic hydroxyl groups is 1. The fourth-order valence-corrected chi connectivity index (χ4v) is 4.76. The predicted octanol–water partition coefficient (Wildman–Crippen LogP) is 3.13. The lowest BCUT2D eigenvalue weighted by Crippen LogP contribution is -2.20. The molecule has 0 aliphatic carbocycles. The fraction of sp³-hybridized carbons (Fsp3) is 0.0667. The monoisotopic (exact) mass is 381 g/mol. The Labute approximate surface area is 148 Å². The molecule has 0 radical (unpaired) electrons. The van der Waals surface area contributed by atoms with E-state index >= 15 is 0 Å². The van der Waals surface area contributed by atoms with Gasteiger partial charge in [0.05, 0.1) is 6.21 Å². The lowest BCUT2D eigenvalue weighted by Gasteiger charge is -2.15. The van der Waals surface area contributed by atoms with Crippen LogP contribution in [-0.2, 0) is 10.0 Å². The number of hydrazone groups is 1. The van der Waals surface area contributed by atoms with Crippen LogP contribution in [0.2, 0.25) is 5.02 Å². The second kappa shape index (κ2) is 6.46. The Hall–Kier alpha value is -2.03. The number of amidine groups is 1. The van der Waals surface area contributed by atoms with Gasteiger partial charge in [0.25, 0.3) is 10.0 Å². The minimum atomic E-state index is -3.80. The zero-order valence-electron chi connectivity index (χ0n) is 12.4. The van der Waals surface area contributed by atoms with Crippen LogP contribution in [0.3, 0.4) is 0 Å². The molecule has 2 aromatic carbocycles. The molecule has 3 rings (SSSR count). The summed E-state index contributed by atoms with van der Waals surface area (Å²) >= 11 is 7.20. The van der Waals surface area contributed by atoms with E-state index in [-0.39, 0.29) is 15.8 Å². The maximum Gasteiger partial charge on any atom is 0.285 e. The molecule has 6 nitrogen and oxygen atoms in total. The van der Waals surface area contributed by atoms with Crippen LogP contribution < -0.4 is 5.43 Å². The molecule has 24 heavy (non-hydrogen) atoms. The molecule has 0 bridgehead atoms. The minimum Gasteiger partial charge on any atom is -0.508 e. The van der Waals surface area contributed by atoms with Crippen molar-refractivity contribution in [1.29, 1.82) is 0 Å². The Morgan fingerprint density at radius 2 is 2.12 bits per heavy atom. The van der Waals surface area contributed by atoms with Crippen LogP contribution in [0.5, 0.6) is 5.75 Å². The van der Waals surface area contributed by atoms with E-state index < -0.39 is 10.0 Å². The molecule has 1 aliphatic heterocycles. The Morgan fingerprint density at radius 1 is 1.33 bits per heavy atom. The maximum absolute atomic E-state index is 12.3. The summed E-state index contributed by atoms with van der Waals surface area (Å²) in [4.78, 5) is 0.632. The number of fused-ring (bicyclic) bond motifs is 1. The van der Waals surface area contributed by atoms with Crippen LogP contribution in [-0.4, -0.2) is 24.9 Å². The summed E-state index contributed by atoms with van der Waals surface area (Å²) in [5, 5.41) is 13.9. The fourth-order valence-electron chi connectivity index (χ4n) is 2.01. The number of hydrogen-bond acceptors (Lipinski definition) is 6. The van der Waals surface area contributed by atoms with Crippen LogP contribution in [0.1, 0.15) is 11.1 Å². The van der Waals surface area contributed by atoms with Crippen molar-refractivity contribution in [3.63, 3.8) is 0 Å². The smallest absolute Gasteiger partial charge is 0.285 e. The molecule has 2 aromatic rings. The molecule has 0 aromatic heterocycles. The highest BCUT2D eigenvalue weighted by Crippen LogP contribution is 2.36. The summed E-state index contributed by atoms with van der Waals surface area (Å²) in [6, 6.07) is 9.60. The van der Waals surface area contributed by atoms with Crippen molar-refractivity contribution < 1.29 is 13.5 Å². The lowest BCUT2D eigenvalue weighted by molar-refractivity contribution is 0.475. The van der Waals surface area contributed by atoms with E-state index in [4.69, 9.17) is 11.6 Å². The molecule has 2 N–H and O–H groups in total. The van der Waals surface area contributed by atoms with Gasteiger partial charge in [-0.1, -0.05) is 23.7 Å². The highest BCUT2D eigenvalue weighted by molar-refractivity contribution is 8.15. The number of nitrogens with one attached hydrogen (secondary N) is 1. The van der Waals surface area contributed by atoms with Crippen molar-refractivity contribution in [2.75, 3.05) is 0 Å². The van der Waals surface area contributed by atoms with Gasteiger partial charge in [0.2, 0.25) is 0 Å². The maximum atomic E-state index is 12.3. The van der Waals surface area contributed by atoms with E-state index in [0.29, 0.717) is 21.0 Å². The standard InChI is InChI=1S/C15H12ClN3O3S2/c1-9-5-14-13(7-12(9)16)23-15(19-24(14,21)22)18-17-8-10-3-2-4-11(20)6-10/h2-8,20H,1H3,(H,18,19)/b17-8+. The first kappa shape index (κ1) is 16.8. The van der Waals surface area contributed by atoms with E-state index in [1.807, 2.05) is 0 Å². The minimum absolute atomic E-state index is 0.116. The van der Waals surface area contributed by atoms with E-state index in [1.54, 1.807) is 31.2 Å². The van der Waals surface area contributed by atoms with Gasteiger partial charge in [0.15, 0.2) is 5.17 Å². The van der Waals surface area contributed by atoms with Gasteiger partial charge in [-0.05, 0) is 54.1 Å². The summed E-state index contributed by atoms with van der Waals surface area (Å²) in [7, 11) is -3.80. The highest BCUT2D eigenvalue weighted by Gasteiger charge is 2.26. The van der Waals surface area contributed by atoms with E-state index in [9.17, 15) is 13.5 Å². The molecular formula is C15H12ClN3O3S2. The van der Waals surface area contributed by atoms with Crippen molar-refractivity contribution in [2.45, 2.75) is 16.7 Å². The Balaban J connectivity index is 1.83. The molecule has 0 unspecified atom stereocenters. The van der Waals surface area contributed by atoms with Crippen molar-refractivity contribution in [3.05, 3.63) is 52.5 Å². The first-order valence-electron chi connectivity index (χ1n) is 6.76. The zero-order chi connectivity index (χ0) is 17.3. The number of halogens is 1. The van der Waals surface area contributed by atoms with E-state index in [1.165, 1.54) is 18.3 Å². The normalized spacial score (nSPS) is 15.8. The molecule has 0 saturated heterocycles. The van der Waals surface area contributed by atoms with Gasteiger partial charge in [0.1, 0.15) is 10.6 Å². The number of aryl methyl sites for hydroxylation is 1. The van der Waals surface area contributed by atoms with Gasteiger partial charge in [0, 0.05) is 9.92 Å². The zero-order valence-corrected chi connectivity index (χ0v) is 14.8. The second-order valence-corrected chi connectivity index (χ2v) is 8.00. The van der Waals surface area contributed by atoms with Crippen molar-refractivity contribution in [1.82, 2.24) is 5.43 Å². The number of thioether (sulfide) groups is 1. The summed E-state index contributed by atoms with van der Waals surface area (Å²) in [5.74, 6) is 0.116. The average Bonchev–Trinajstić information content (AvgIpc) is 2.49. The molecule has 0 spiro atoms. The van der Waals surface area contributed by atoms with Gasteiger partial charge >= 0.3 is 0 Å². The Morgan fingerprint density at radius 3 is 2.88 bits per heavy atom. The summed E-state index contributed by atoms with van der Waals surface area (Å²) in [6.07, 6.45) is 1.45. The van der Waals surface area contributed by atoms with Crippen LogP contribution in [0.25, 0.3) is 0 Å². The molecule has 1 heterocycles. The number of nitrogens with zero attached hydrogens (tertiary/aromatic N) is 2. The molecule has 0 atom stereocenters. The van der Waals surface area contributed by atoms with Crippen LogP contribution in [0.15, 0.2) is 55.7 Å². The summed E-state index contributed by atoms with van der Waals surface area (Å²) in [5.41, 5.74) is 3.93. The van der Waals surface area contributed by atoms with Crippen LogP contribution in [0, 0.1) is 6.92 Å². The van der Waals surface area contributed by atoms with Gasteiger partial charge < -0.3 is 5.11 Å². The molecule has 9 heteroatoms. The number of rotatable bonds is 2. The quantitative estimate of drug-likeness (QED) is 0.616. The number of hydrogen-bond donors (Lipinski definition) is 2. The van der Waals surface area contributed by atoms with Crippen molar-refractivity contribution in [3.8, 4) is 5.75 Å². The number of sulfonamides is 1. The molecule has 0 fully saturated rings. The first-order chi connectivity index (χ1) is 11.3. The van der Waals surface area contributed by atoms with Crippen molar-refractivity contribution in [2.24, 2.45) is 9.50 Å². The molecule has 0 saturated carbocycles. The largest absolute Gasteiger partial charge is 0.508 e. The third-order valence-corrected chi connectivity index (χ3v) is 6.06. The van der Waals surface area contributed by atoms with Crippen LogP contribution >= 0.6 is 23.4 Å². The van der Waals surface area contributed by atoms with Gasteiger partial charge in [-0.25, -0.2) is 0 Å². The SMILES string of the molecule is Cc1cc2c(cc1Cl)SC(N/N=C/c1cccc(O)c1)=NS2(=O)=O. The number of phenols is 1. The van der Waals surface area contributed by atoms with Gasteiger partial charge in [-0.3, -0.25) is 5.43 Å². The van der Waals surface area contributed by atoms with E-state index in [2.05, 4.69) is 14.9 Å². The predicted molar refractivity (Wildman–Crippen MR) is 95.5 cm³/mol. The molecule has 0 amide bonds. The van der Waals surface area contributed by atoms with Gasteiger partial charge in [-0.15, -0.1) is 4.40 Å². The number of phenolic OH excluding ortho intramolecular Hbond substituents is 1. The Bertz CT molecular complexity index is 972. The average molecular weight is 382 g/mol. The first-order valence-corrected chi connectivity index (χ1v) is 9.40. The molecule has 124 valence electrons. The van der Waals surface area contributed by atoms with Gasteiger partial charge in [-0.2, -0.15) is 13.5 Å². The number of benzene rings is 2. The molecule has 1 aliphatic rings. The Kier molecular flexibility index (Phi) is 4.53. The lowest BCUT2D eigenvalue weighted by atomic mass is 10.2. The topological polar surface area (TPSA) is 91.1 Å². The van der Waals surface area contributed by atoms with Crippen molar-refractivity contribution >= 4 is 44.8 Å². The summed E-state index contributed by atoms with van der Waals surface area (Å²) < 4.78 is 28.2. The van der Waals surface area contributed by atoms with E-state index in [0.717, 1.165) is 11.8 Å². The summed E-state index contributed by atoms with van der Waals surface area (Å²) in [6.45, 7) is 1.74. The molecular weight excluding hydrogens is 370 g/mol. The third kappa shape index (κ3) is 3.55. The van der Waals surface area contributed by atoms with Crippen LogP contribution in [0.4, 0.5) is 0 Å². The third-order valence-electron chi connectivity index (χ3n) is 3.16. The highest BCUT2D eigenvalue weighted by atomic mass is 35.5.